The molecular formula is C46H22BCl3F24N2O3. The first-order valence-corrected chi connectivity index (χ1v) is 21.8. The molecule has 0 fully saturated rings. The van der Waals surface area contributed by atoms with Crippen LogP contribution in [0.5, 0.6) is 0 Å². The number of Topliss-reactive ketones (excluding diaryl/α,β-unsaturated/α-hetero) is 1. The van der Waals surface area contributed by atoms with Crippen molar-refractivity contribution in [1.29, 1.82) is 0 Å². The average Bonchev–Trinajstić information content (AvgIpc) is 3.31. The van der Waals surface area contributed by atoms with Crippen molar-refractivity contribution < 1.29 is 124 Å². The summed E-state index contributed by atoms with van der Waals surface area (Å²) in [5, 5.41) is 0. The summed E-state index contributed by atoms with van der Waals surface area (Å²) in [5.41, 5.74) is -29.7. The van der Waals surface area contributed by atoms with E-state index in [2.05, 4.69) is 9.72 Å². The summed E-state index contributed by atoms with van der Waals surface area (Å²) in [6, 6.07) is -0.0247. The van der Waals surface area contributed by atoms with Crippen molar-refractivity contribution in [3.8, 4) is 0 Å². The number of ether oxygens (including phenoxy) is 1. The minimum absolute atomic E-state index is 0.0422. The highest BCUT2D eigenvalue weighted by Crippen LogP contribution is 2.41. The Labute approximate surface area is 440 Å². The number of carbonyl (C=O) groups excluding carboxylic acids is 2. The molecule has 0 spiro atoms. The molecule has 0 saturated heterocycles. The minimum atomic E-state index is -6.13. The Bertz CT molecular complexity index is 2780. The third-order valence-corrected chi connectivity index (χ3v) is 11.3. The monoisotopic (exact) mass is 1220 g/mol. The van der Waals surface area contributed by atoms with Gasteiger partial charge in [-0.15, -0.1) is 0 Å². The second-order valence-electron chi connectivity index (χ2n) is 16.5. The standard InChI is InChI=1S/C32H12BF24.C14H10Cl3N2O3/c34-25(35,36)13-1-14(26(37,38)39)6-21(5-13)33(22-7-15(27(40,41)42)2-16(8-22)28(43,44)45,23-9-17(29(46,47)48)3-18(10-23)30(49,50)51)24-11-19(31(52,53)54)4-20(12-24)32(55,56)57;15-14(16,17)22-13(21)11-8-19(7-6-18-11)9-12(20)10-4-2-1-3-5-10/h1-12H;1-8H,9H2/q-1;+1. The van der Waals surface area contributed by atoms with Gasteiger partial charge in [-0.25, -0.2) is 9.78 Å². The van der Waals surface area contributed by atoms with Crippen LogP contribution in [0.1, 0.15) is 65.4 Å². The smallest absolute Gasteiger partial charge is 0.410 e. The van der Waals surface area contributed by atoms with E-state index in [4.69, 9.17) is 34.8 Å². The molecule has 5 nitrogen and oxygen atoms in total. The van der Waals surface area contributed by atoms with Crippen molar-refractivity contribution in [2.75, 3.05) is 0 Å². The van der Waals surface area contributed by atoms with E-state index in [0.717, 1.165) is 0 Å². The first kappa shape index (κ1) is 63.4. The van der Waals surface area contributed by atoms with Crippen LogP contribution in [0.15, 0.2) is 122 Å². The van der Waals surface area contributed by atoms with Gasteiger partial charge >= 0.3 is 59.4 Å². The molecule has 0 saturated carbocycles. The second kappa shape index (κ2) is 21.9. The number of hydrogen-bond donors (Lipinski definition) is 0. The Kier molecular flexibility index (Phi) is 17.6. The minimum Gasteiger partial charge on any atom is -0.410 e. The number of aromatic nitrogens is 2. The van der Waals surface area contributed by atoms with Gasteiger partial charge in [0.15, 0.2) is 6.20 Å². The lowest BCUT2D eigenvalue weighted by Gasteiger charge is -2.46. The third-order valence-electron chi connectivity index (χ3n) is 11.0. The molecule has 0 aliphatic heterocycles. The summed E-state index contributed by atoms with van der Waals surface area (Å²) in [6.45, 7) is 0.0422. The van der Waals surface area contributed by atoms with E-state index in [1.165, 1.54) is 17.0 Å². The molecule has 79 heavy (non-hydrogen) atoms. The topological polar surface area (TPSA) is 60.1 Å². The number of halogens is 27. The highest BCUT2D eigenvalue weighted by Gasteiger charge is 2.47. The van der Waals surface area contributed by atoms with Gasteiger partial charge in [0.05, 0.1) is 50.7 Å². The van der Waals surface area contributed by atoms with Crippen LogP contribution in [0.4, 0.5) is 105 Å². The predicted octanol–water partition coefficient (Wildman–Crippen LogP) is 14.0. The maximum absolute atomic E-state index is 14.2. The van der Waals surface area contributed by atoms with Gasteiger partial charge in [-0.2, -0.15) is 132 Å². The zero-order chi connectivity index (χ0) is 60.1. The molecule has 0 bridgehead atoms. The Hall–Kier alpha value is -6.43. The quantitative estimate of drug-likeness (QED) is 0.0380. The van der Waals surface area contributed by atoms with Gasteiger partial charge < -0.3 is 4.74 Å². The van der Waals surface area contributed by atoms with E-state index in [0.29, 0.717) is 5.56 Å². The van der Waals surface area contributed by atoms with E-state index in [-0.39, 0.29) is 18.0 Å². The van der Waals surface area contributed by atoms with E-state index < -0.39 is 205 Å². The van der Waals surface area contributed by atoms with Gasteiger partial charge in [0.25, 0.3) is 0 Å². The number of benzene rings is 5. The van der Waals surface area contributed by atoms with Crippen molar-refractivity contribution in [2.45, 2.75) is 59.9 Å². The number of esters is 1. The molecule has 0 radical (unpaired) electrons. The zero-order valence-corrected chi connectivity index (χ0v) is 39.9. The summed E-state index contributed by atoms with van der Waals surface area (Å²) in [4.78, 5) is 27.7. The second-order valence-corrected chi connectivity index (χ2v) is 18.6. The molecule has 1 heterocycles. The van der Waals surface area contributed by atoms with Crippen molar-refractivity contribution >= 4 is 74.6 Å². The maximum atomic E-state index is 14.2. The fourth-order valence-corrected chi connectivity index (χ4v) is 7.96. The number of hydrogen-bond acceptors (Lipinski definition) is 4. The van der Waals surface area contributed by atoms with Crippen molar-refractivity contribution in [2.24, 2.45) is 0 Å². The summed E-state index contributed by atoms with van der Waals surface area (Å²) in [6.07, 6.45) is -50.6. The zero-order valence-electron chi connectivity index (χ0n) is 37.7. The summed E-state index contributed by atoms with van der Waals surface area (Å²) < 4.78 is 345. The molecule has 33 heteroatoms. The molecule has 1 aromatic heterocycles. The van der Waals surface area contributed by atoms with Gasteiger partial charge in [-0.3, -0.25) is 4.79 Å². The molecule has 0 amide bonds. The molecule has 5 aromatic carbocycles. The number of nitrogens with zero attached hydrogens (tertiary/aromatic N) is 2. The van der Waals surface area contributed by atoms with Gasteiger partial charge in [0.1, 0.15) is 6.15 Å². The summed E-state index contributed by atoms with van der Waals surface area (Å²) in [5.74, 6) is -1.01. The first-order valence-electron chi connectivity index (χ1n) is 20.7. The predicted molar refractivity (Wildman–Crippen MR) is 231 cm³/mol. The molecule has 0 atom stereocenters. The van der Waals surface area contributed by atoms with Gasteiger partial charge in [-0.1, -0.05) is 78.9 Å². The molecule has 6 aromatic rings. The highest BCUT2D eigenvalue weighted by atomic mass is 35.6. The van der Waals surface area contributed by atoms with E-state index in [9.17, 15) is 115 Å². The number of alkyl halides is 27. The number of rotatable bonds is 8. The van der Waals surface area contributed by atoms with Crippen LogP contribution in [0.3, 0.4) is 0 Å². The fourth-order valence-electron chi connectivity index (χ4n) is 7.75. The van der Waals surface area contributed by atoms with E-state index >= 15 is 0 Å². The van der Waals surface area contributed by atoms with Gasteiger partial charge in [-0.05, 0) is 59.1 Å². The lowest BCUT2D eigenvalue weighted by Crippen LogP contribution is -2.75. The Morgan fingerprint density at radius 2 is 0.696 bits per heavy atom. The van der Waals surface area contributed by atoms with Crippen molar-refractivity contribution in [3.05, 3.63) is 177 Å². The summed E-state index contributed by atoms with van der Waals surface area (Å²) >= 11 is 16.1. The van der Waals surface area contributed by atoms with Crippen LogP contribution >= 0.6 is 34.8 Å². The number of ketones is 1. The molecule has 426 valence electrons. The molecule has 0 aliphatic rings. The lowest BCUT2D eigenvalue weighted by molar-refractivity contribution is -0.683. The molecule has 0 aliphatic carbocycles. The third kappa shape index (κ3) is 15.7. The largest absolute Gasteiger partial charge is 0.416 e. The normalized spacial score (nSPS) is 13.4. The summed E-state index contributed by atoms with van der Waals surface area (Å²) in [7, 11) is 0. The molecule has 6 rings (SSSR count). The first-order chi connectivity index (χ1) is 35.6. The van der Waals surface area contributed by atoms with Crippen molar-refractivity contribution in [1.82, 2.24) is 4.98 Å². The van der Waals surface area contributed by atoms with Crippen LogP contribution in [0.25, 0.3) is 0 Å². The van der Waals surface area contributed by atoms with Gasteiger partial charge in [0, 0.05) is 5.56 Å². The van der Waals surface area contributed by atoms with E-state index in [1.807, 2.05) is 6.07 Å². The Morgan fingerprint density at radius 1 is 0.430 bits per heavy atom. The van der Waals surface area contributed by atoms with Crippen LogP contribution in [0, 0.1) is 0 Å². The Morgan fingerprint density at radius 3 is 0.937 bits per heavy atom. The van der Waals surface area contributed by atoms with Crippen LogP contribution in [-0.4, -0.2) is 26.9 Å². The van der Waals surface area contributed by atoms with Crippen LogP contribution in [-0.2, 0) is 60.7 Å². The van der Waals surface area contributed by atoms with E-state index in [1.54, 1.807) is 30.5 Å². The maximum Gasteiger partial charge on any atom is 0.416 e. The molecular weight excluding hydrogens is 1200 g/mol. The van der Waals surface area contributed by atoms with Crippen molar-refractivity contribution in [3.63, 3.8) is 0 Å². The van der Waals surface area contributed by atoms with Gasteiger partial charge in [0.2, 0.25) is 24.2 Å². The lowest BCUT2D eigenvalue weighted by atomic mass is 9.12. The number of carbonyl (C=O) groups is 2. The molecule has 0 unspecified atom stereocenters. The Balaban J connectivity index is 0.000000433. The van der Waals surface area contributed by atoms with Crippen LogP contribution in [0.2, 0.25) is 0 Å². The fraction of sp³-hybridized carbons (Fsp3) is 0.217. The molecule has 0 N–H and O–H groups in total. The van der Waals surface area contributed by atoms with Crippen LogP contribution < -0.4 is 26.4 Å². The average molecular weight is 1220 g/mol. The highest BCUT2D eigenvalue weighted by molar-refractivity contribution is 7.20. The SMILES string of the molecule is FC(F)(F)c1cc([B-](c2cc(C(F)(F)F)cc(C(F)(F)F)c2)(c2cc(C(F)(F)F)cc(C(F)(F)F)c2)c2cc(C(F)(F)F)cc(C(F)(F)F)c2)cc(C(F)(F)F)c1.O=C(C[n+]1ccnc(C(=O)OC(Cl)(Cl)Cl)c1)c1ccccc1.